The molecule has 4 rings (SSSR count). The number of nitrogens with one attached hydrogen (secondary N) is 1. The molecule has 1 amide bonds. The average molecular weight is 448 g/mol. The van der Waals surface area contributed by atoms with Crippen molar-refractivity contribution < 1.29 is 9.32 Å². The molecule has 2 aromatic heterocycles. The number of hydrogen-bond acceptors (Lipinski definition) is 6. The highest BCUT2D eigenvalue weighted by Gasteiger charge is 2.28. The highest BCUT2D eigenvalue weighted by Crippen LogP contribution is 2.39. The summed E-state index contributed by atoms with van der Waals surface area (Å²) in [5.74, 6) is 2.20. The Hall–Kier alpha value is -3.22. The maximum Gasteiger partial charge on any atom is 0.227 e. The van der Waals surface area contributed by atoms with Crippen molar-refractivity contribution in [3.05, 3.63) is 59.5 Å². The Morgan fingerprint density at radius 3 is 2.55 bits per heavy atom. The Kier molecular flexibility index (Phi) is 7.06. The normalized spacial score (nSPS) is 19.2. The van der Waals surface area contributed by atoms with Gasteiger partial charge in [0.2, 0.25) is 11.9 Å². The predicted octanol–water partition coefficient (Wildman–Crippen LogP) is 4.70. The summed E-state index contributed by atoms with van der Waals surface area (Å²) in [7, 11) is 3.90. The van der Waals surface area contributed by atoms with Gasteiger partial charge in [-0.1, -0.05) is 35.5 Å². The van der Waals surface area contributed by atoms with Gasteiger partial charge in [0.15, 0.2) is 5.76 Å². The van der Waals surface area contributed by atoms with Crippen LogP contribution in [0.2, 0.25) is 0 Å². The number of anilines is 1. The Labute approximate surface area is 195 Å². The molecule has 174 valence electrons. The summed E-state index contributed by atoms with van der Waals surface area (Å²) < 4.78 is 5.54. The van der Waals surface area contributed by atoms with E-state index in [0.717, 1.165) is 60.5 Å². The number of aromatic nitrogens is 3. The monoisotopic (exact) mass is 447 g/mol. The van der Waals surface area contributed by atoms with Crippen molar-refractivity contribution in [1.82, 2.24) is 20.4 Å². The lowest BCUT2D eigenvalue weighted by molar-refractivity contribution is -0.122. The number of carbonyl (C=O) groups excluding carboxylic acids is 1. The molecule has 2 heterocycles. The molecular weight excluding hydrogens is 414 g/mol. The Bertz CT molecular complexity index is 1070. The van der Waals surface area contributed by atoms with Crippen LogP contribution in [0.4, 0.5) is 5.95 Å². The Morgan fingerprint density at radius 2 is 1.91 bits per heavy atom. The third kappa shape index (κ3) is 5.41. The van der Waals surface area contributed by atoms with E-state index >= 15 is 0 Å². The highest BCUT2D eigenvalue weighted by atomic mass is 16.5. The first-order valence-corrected chi connectivity index (χ1v) is 11.7. The van der Waals surface area contributed by atoms with Gasteiger partial charge in [-0.15, -0.1) is 0 Å². The molecule has 0 aliphatic heterocycles. The van der Waals surface area contributed by atoms with E-state index < -0.39 is 0 Å². The predicted molar refractivity (Wildman–Crippen MR) is 129 cm³/mol. The zero-order valence-corrected chi connectivity index (χ0v) is 19.9. The summed E-state index contributed by atoms with van der Waals surface area (Å²) in [6.07, 6.45) is 6.02. The number of hydrogen-bond donors (Lipinski definition) is 1. The molecule has 1 aliphatic carbocycles. The maximum atomic E-state index is 12.6. The number of nitrogens with zero attached hydrogens (tertiary/aromatic N) is 4. The molecule has 33 heavy (non-hydrogen) atoms. The van der Waals surface area contributed by atoms with Crippen LogP contribution in [0.25, 0.3) is 11.3 Å². The van der Waals surface area contributed by atoms with Crippen molar-refractivity contribution in [2.45, 2.75) is 51.4 Å². The van der Waals surface area contributed by atoms with E-state index in [-0.39, 0.29) is 11.8 Å². The number of benzene rings is 1. The van der Waals surface area contributed by atoms with E-state index in [4.69, 9.17) is 9.51 Å². The fourth-order valence-electron chi connectivity index (χ4n) is 4.52. The largest absolute Gasteiger partial charge is 0.356 e. The molecule has 1 N–H and O–H groups in total. The van der Waals surface area contributed by atoms with Crippen molar-refractivity contribution in [2.24, 2.45) is 5.92 Å². The lowest BCUT2D eigenvalue weighted by Gasteiger charge is -2.29. The molecule has 0 spiro atoms. The fraction of sp³-hybridized carbons (Fsp3) is 0.462. The number of rotatable bonds is 7. The van der Waals surface area contributed by atoms with Crippen LogP contribution in [0.1, 0.15) is 61.4 Å². The molecule has 0 bridgehead atoms. The van der Waals surface area contributed by atoms with Crippen LogP contribution in [-0.2, 0) is 4.79 Å². The van der Waals surface area contributed by atoms with Gasteiger partial charge in [0.1, 0.15) is 0 Å². The SMILES string of the molecule is Cc1cc(-c2cnc(N(C)C)nc2C2CCC(CNC(=O)C(C)c3ccccc3)CC2)on1. The zero-order chi connectivity index (χ0) is 23.4. The third-order valence-corrected chi connectivity index (χ3v) is 6.59. The van der Waals surface area contributed by atoms with Crippen LogP contribution in [0.3, 0.4) is 0 Å². The molecule has 1 unspecified atom stereocenters. The molecule has 1 aliphatic rings. The van der Waals surface area contributed by atoms with Crippen molar-refractivity contribution in [3.63, 3.8) is 0 Å². The Balaban J connectivity index is 1.39. The van der Waals surface area contributed by atoms with Crippen LogP contribution in [0.15, 0.2) is 47.1 Å². The van der Waals surface area contributed by atoms with E-state index in [0.29, 0.717) is 17.8 Å². The summed E-state index contributed by atoms with van der Waals surface area (Å²) in [6.45, 7) is 4.61. The van der Waals surface area contributed by atoms with E-state index in [1.165, 1.54) is 0 Å². The van der Waals surface area contributed by atoms with Gasteiger partial charge in [0.25, 0.3) is 0 Å². The van der Waals surface area contributed by atoms with Gasteiger partial charge in [0, 0.05) is 38.8 Å². The van der Waals surface area contributed by atoms with Gasteiger partial charge in [-0.05, 0) is 51.0 Å². The first kappa shape index (κ1) is 23.0. The number of carbonyl (C=O) groups is 1. The van der Waals surface area contributed by atoms with Crippen LogP contribution in [0.5, 0.6) is 0 Å². The highest BCUT2D eigenvalue weighted by molar-refractivity contribution is 5.83. The maximum absolute atomic E-state index is 12.6. The van der Waals surface area contributed by atoms with Gasteiger partial charge < -0.3 is 14.7 Å². The van der Waals surface area contributed by atoms with Crippen molar-refractivity contribution >= 4 is 11.9 Å². The van der Waals surface area contributed by atoms with Crippen LogP contribution < -0.4 is 10.2 Å². The van der Waals surface area contributed by atoms with Crippen LogP contribution >= 0.6 is 0 Å². The summed E-state index contributed by atoms with van der Waals surface area (Å²) in [5.41, 5.74) is 3.85. The molecule has 0 radical (unpaired) electrons. The fourth-order valence-corrected chi connectivity index (χ4v) is 4.52. The molecule has 1 aromatic carbocycles. The average Bonchev–Trinajstić information content (AvgIpc) is 3.28. The molecule has 7 heteroatoms. The minimum absolute atomic E-state index is 0.0951. The summed E-state index contributed by atoms with van der Waals surface area (Å²) in [5, 5.41) is 7.22. The lowest BCUT2D eigenvalue weighted by atomic mass is 9.79. The molecule has 1 saturated carbocycles. The molecule has 0 saturated heterocycles. The van der Waals surface area contributed by atoms with E-state index in [1.54, 1.807) is 0 Å². The van der Waals surface area contributed by atoms with Gasteiger partial charge in [0.05, 0.1) is 22.9 Å². The smallest absolute Gasteiger partial charge is 0.227 e. The lowest BCUT2D eigenvalue weighted by Crippen LogP contribution is -2.33. The third-order valence-electron chi connectivity index (χ3n) is 6.59. The van der Waals surface area contributed by atoms with Crippen molar-refractivity contribution in [3.8, 4) is 11.3 Å². The molecular formula is C26H33N5O2. The topological polar surface area (TPSA) is 84.2 Å². The van der Waals surface area contributed by atoms with Crippen LogP contribution in [0, 0.1) is 12.8 Å². The van der Waals surface area contributed by atoms with Gasteiger partial charge in [-0.3, -0.25) is 4.79 Å². The minimum Gasteiger partial charge on any atom is -0.356 e. The summed E-state index contributed by atoms with van der Waals surface area (Å²) in [4.78, 5) is 24.0. The standard InChI is InChI=1S/C26H33N5O2/c1-17-14-23(33-30-17)22-16-28-26(31(3)4)29-24(22)21-12-10-19(11-13-21)15-27-25(32)18(2)20-8-6-5-7-9-20/h5-9,14,16,18-19,21H,10-13,15H2,1-4H3,(H,27,32). The first-order valence-electron chi connectivity index (χ1n) is 11.7. The quantitative estimate of drug-likeness (QED) is 0.565. The van der Waals surface area contributed by atoms with Gasteiger partial charge in [-0.2, -0.15) is 0 Å². The number of amides is 1. The van der Waals surface area contributed by atoms with Crippen LogP contribution in [-0.4, -0.2) is 41.7 Å². The molecule has 1 fully saturated rings. The second-order valence-electron chi connectivity index (χ2n) is 9.29. The summed E-state index contributed by atoms with van der Waals surface area (Å²) >= 11 is 0. The van der Waals surface area contributed by atoms with Crippen molar-refractivity contribution in [1.29, 1.82) is 0 Å². The number of aryl methyl sites for hydroxylation is 1. The summed E-state index contributed by atoms with van der Waals surface area (Å²) in [6, 6.07) is 11.9. The first-order chi connectivity index (χ1) is 15.9. The minimum atomic E-state index is -0.138. The van der Waals surface area contributed by atoms with Gasteiger partial charge in [-0.25, -0.2) is 9.97 Å². The van der Waals surface area contributed by atoms with E-state index in [9.17, 15) is 4.79 Å². The zero-order valence-electron chi connectivity index (χ0n) is 19.9. The second-order valence-corrected chi connectivity index (χ2v) is 9.29. The molecule has 1 atom stereocenters. The van der Waals surface area contributed by atoms with Crippen molar-refractivity contribution in [2.75, 3.05) is 25.5 Å². The van der Waals surface area contributed by atoms with E-state index in [1.807, 2.05) is 75.4 Å². The Morgan fingerprint density at radius 1 is 1.18 bits per heavy atom. The molecule has 7 nitrogen and oxygen atoms in total. The second kappa shape index (κ2) is 10.1. The van der Waals surface area contributed by atoms with Gasteiger partial charge >= 0.3 is 0 Å². The van der Waals surface area contributed by atoms with E-state index in [2.05, 4.69) is 15.5 Å². The molecule has 3 aromatic rings.